The van der Waals surface area contributed by atoms with E-state index in [1.165, 1.54) is 13.2 Å². The monoisotopic (exact) mass is 303 g/mol. The molecular formula is C10H10INO2. The number of carbonyl (C=O) groups excluding carboxylic acids is 1. The summed E-state index contributed by atoms with van der Waals surface area (Å²) in [5, 5.41) is 0. The van der Waals surface area contributed by atoms with Crippen LogP contribution in [0, 0.1) is 3.57 Å². The van der Waals surface area contributed by atoms with Gasteiger partial charge in [0, 0.05) is 15.3 Å². The summed E-state index contributed by atoms with van der Waals surface area (Å²) < 4.78 is 5.47. The SMILES string of the molecule is COC(=O)/C=C/c1ccc(I)c(N)c1. The lowest BCUT2D eigenvalue weighted by Gasteiger charge is -1.99. The first-order chi connectivity index (χ1) is 6.63. The fourth-order valence-electron chi connectivity index (χ4n) is 0.898. The summed E-state index contributed by atoms with van der Waals surface area (Å²) in [5.41, 5.74) is 7.29. The Morgan fingerprint density at radius 2 is 2.29 bits per heavy atom. The van der Waals surface area contributed by atoms with Gasteiger partial charge in [0.15, 0.2) is 0 Å². The molecule has 0 spiro atoms. The highest BCUT2D eigenvalue weighted by Crippen LogP contribution is 2.16. The van der Waals surface area contributed by atoms with Crippen molar-refractivity contribution in [2.45, 2.75) is 0 Å². The fraction of sp³-hybridized carbons (Fsp3) is 0.100. The largest absolute Gasteiger partial charge is 0.466 e. The second-order valence-corrected chi connectivity index (χ2v) is 3.80. The van der Waals surface area contributed by atoms with E-state index in [1.807, 2.05) is 12.1 Å². The van der Waals surface area contributed by atoms with Crippen LogP contribution in [0.25, 0.3) is 6.08 Å². The Morgan fingerprint density at radius 1 is 1.57 bits per heavy atom. The molecule has 74 valence electrons. The average Bonchev–Trinajstić information content (AvgIpc) is 2.19. The molecule has 1 rings (SSSR count). The van der Waals surface area contributed by atoms with Crippen molar-refractivity contribution in [1.29, 1.82) is 0 Å². The minimum Gasteiger partial charge on any atom is -0.466 e. The Hall–Kier alpha value is -1.04. The Balaban J connectivity index is 2.83. The van der Waals surface area contributed by atoms with Gasteiger partial charge < -0.3 is 10.5 Å². The number of hydrogen-bond donors (Lipinski definition) is 1. The lowest BCUT2D eigenvalue weighted by atomic mass is 10.2. The summed E-state index contributed by atoms with van der Waals surface area (Å²) in [6, 6.07) is 5.59. The number of halogens is 1. The molecule has 0 saturated carbocycles. The molecule has 0 aliphatic carbocycles. The lowest BCUT2D eigenvalue weighted by molar-refractivity contribution is -0.134. The number of nitrogens with two attached hydrogens (primary N) is 1. The van der Waals surface area contributed by atoms with E-state index in [0.29, 0.717) is 5.69 Å². The van der Waals surface area contributed by atoms with E-state index in [4.69, 9.17) is 5.73 Å². The van der Waals surface area contributed by atoms with Gasteiger partial charge in [0.25, 0.3) is 0 Å². The molecule has 14 heavy (non-hydrogen) atoms. The van der Waals surface area contributed by atoms with Crippen LogP contribution in [0.15, 0.2) is 24.3 Å². The van der Waals surface area contributed by atoms with Crippen molar-refractivity contribution in [3.8, 4) is 0 Å². The highest BCUT2D eigenvalue weighted by Gasteiger charge is 1.96. The summed E-state index contributed by atoms with van der Waals surface area (Å²) in [5.74, 6) is -0.373. The zero-order valence-corrected chi connectivity index (χ0v) is 9.82. The van der Waals surface area contributed by atoms with Gasteiger partial charge in [-0.1, -0.05) is 6.07 Å². The topological polar surface area (TPSA) is 52.3 Å². The zero-order chi connectivity index (χ0) is 10.6. The zero-order valence-electron chi connectivity index (χ0n) is 7.66. The van der Waals surface area contributed by atoms with Gasteiger partial charge in [0.1, 0.15) is 0 Å². The average molecular weight is 303 g/mol. The first-order valence-electron chi connectivity index (χ1n) is 3.94. The predicted octanol–water partition coefficient (Wildman–Crippen LogP) is 2.06. The van der Waals surface area contributed by atoms with Gasteiger partial charge in [0.2, 0.25) is 0 Å². The number of nitrogen functional groups attached to an aromatic ring is 1. The maximum atomic E-state index is 10.8. The number of benzene rings is 1. The minimum atomic E-state index is -0.373. The molecule has 0 bridgehead atoms. The molecule has 1 aromatic carbocycles. The van der Waals surface area contributed by atoms with E-state index in [9.17, 15) is 4.79 Å². The second kappa shape index (κ2) is 4.99. The van der Waals surface area contributed by atoms with Crippen molar-refractivity contribution >= 4 is 40.3 Å². The molecule has 0 saturated heterocycles. The Bertz CT molecular complexity index is 374. The van der Waals surface area contributed by atoms with Crippen molar-refractivity contribution in [2.24, 2.45) is 0 Å². The first kappa shape index (κ1) is 11.0. The van der Waals surface area contributed by atoms with Gasteiger partial charge in [-0.25, -0.2) is 4.79 Å². The van der Waals surface area contributed by atoms with Crippen molar-refractivity contribution in [3.63, 3.8) is 0 Å². The second-order valence-electron chi connectivity index (χ2n) is 2.64. The number of carbonyl (C=O) groups is 1. The summed E-state index contributed by atoms with van der Waals surface area (Å²) in [6.07, 6.45) is 3.03. The van der Waals surface area contributed by atoms with Crippen LogP contribution in [0.1, 0.15) is 5.56 Å². The molecule has 4 heteroatoms. The fourth-order valence-corrected chi connectivity index (χ4v) is 1.23. The van der Waals surface area contributed by atoms with Gasteiger partial charge in [-0.2, -0.15) is 0 Å². The van der Waals surface area contributed by atoms with Crippen LogP contribution in [-0.2, 0) is 9.53 Å². The molecule has 0 aliphatic heterocycles. The molecular weight excluding hydrogens is 293 g/mol. The van der Waals surface area contributed by atoms with Crippen LogP contribution in [0.4, 0.5) is 5.69 Å². The number of esters is 1. The molecule has 0 aromatic heterocycles. The van der Waals surface area contributed by atoms with Crippen LogP contribution in [0.3, 0.4) is 0 Å². The predicted molar refractivity (Wildman–Crippen MR) is 64.6 cm³/mol. The Morgan fingerprint density at radius 3 is 2.86 bits per heavy atom. The Labute approximate surface area is 96.1 Å². The minimum absolute atomic E-state index is 0.373. The van der Waals surface area contributed by atoms with E-state index in [1.54, 1.807) is 12.1 Å². The van der Waals surface area contributed by atoms with Gasteiger partial charge in [0.05, 0.1) is 7.11 Å². The van der Waals surface area contributed by atoms with Crippen molar-refractivity contribution in [3.05, 3.63) is 33.4 Å². The number of anilines is 1. The quantitative estimate of drug-likeness (QED) is 0.394. The molecule has 1 aromatic rings. The molecule has 0 radical (unpaired) electrons. The summed E-state index contributed by atoms with van der Waals surface area (Å²) >= 11 is 2.15. The summed E-state index contributed by atoms with van der Waals surface area (Å²) in [7, 11) is 1.34. The molecule has 0 amide bonds. The smallest absolute Gasteiger partial charge is 0.330 e. The van der Waals surface area contributed by atoms with E-state index in [2.05, 4.69) is 27.3 Å². The van der Waals surface area contributed by atoms with E-state index in [-0.39, 0.29) is 5.97 Å². The highest BCUT2D eigenvalue weighted by atomic mass is 127. The highest BCUT2D eigenvalue weighted by molar-refractivity contribution is 14.1. The van der Waals surface area contributed by atoms with Crippen molar-refractivity contribution < 1.29 is 9.53 Å². The van der Waals surface area contributed by atoms with Crippen LogP contribution < -0.4 is 5.73 Å². The van der Waals surface area contributed by atoms with Crippen molar-refractivity contribution in [2.75, 3.05) is 12.8 Å². The third-order valence-corrected chi connectivity index (χ3v) is 2.62. The van der Waals surface area contributed by atoms with Crippen molar-refractivity contribution in [1.82, 2.24) is 0 Å². The maximum absolute atomic E-state index is 10.8. The Kier molecular flexibility index (Phi) is 3.94. The van der Waals surface area contributed by atoms with Gasteiger partial charge >= 0.3 is 5.97 Å². The number of methoxy groups -OCH3 is 1. The van der Waals surface area contributed by atoms with Crippen LogP contribution in [0.5, 0.6) is 0 Å². The number of hydrogen-bond acceptors (Lipinski definition) is 3. The molecule has 0 unspecified atom stereocenters. The third-order valence-electron chi connectivity index (χ3n) is 1.63. The molecule has 0 aliphatic rings. The molecule has 3 nitrogen and oxygen atoms in total. The van der Waals surface area contributed by atoms with E-state index >= 15 is 0 Å². The van der Waals surface area contributed by atoms with Crippen LogP contribution >= 0.6 is 22.6 Å². The maximum Gasteiger partial charge on any atom is 0.330 e. The molecule has 0 atom stereocenters. The third kappa shape index (κ3) is 3.02. The van der Waals surface area contributed by atoms with E-state index < -0.39 is 0 Å². The number of ether oxygens (including phenoxy) is 1. The summed E-state index contributed by atoms with van der Waals surface area (Å²) in [4.78, 5) is 10.8. The van der Waals surface area contributed by atoms with Crippen LogP contribution in [0.2, 0.25) is 0 Å². The van der Waals surface area contributed by atoms with Gasteiger partial charge in [-0.3, -0.25) is 0 Å². The number of rotatable bonds is 2. The molecule has 2 N–H and O–H groups in total. The first-order valence-corrected chi connectivity index (χ1v) is 5.02. The summed E-state index contributed by atoms with van der Waals surface area (Å²) in [6.45, 7) is 0. The van der Waals surface area contributed by atoms with Crippen LogP contribution in [-0.4, -0.2) is 13.1 Å². The van der Waals surface area contributed by atoms with Gasteiger partial charge in [-0.05, 0) is 46.4 Å². The lowest BCUT2D eigenvalue weighted by Crippen LogP contribution is -1.94. The van der Waals surface area contributed by atoms with Gasteiger partial charge in [-0.15, -0.1) is 0 Å². The standard InChI is InChI=1S/C10H10INO2/c1-14-10(13)5-3-7-2-4-8(11)9(12)6-7/h2-6H,12H2,1H3/b5-3+. The molecule has 0 heterocycles. The normalized spacial score (nSPS) is 10.4. The molecule has 0 fully saturated rings. The van der Waals surface area contributed by atoms with E-state index in [0.717, 1.165) is 9.13 Å².